The SMILES string of the molecule is Cc1nnc(Sc2c(C)cccc2/C(N)=N/O)s1. The molecule has 1 aromatic carbocycles. The van der Waals surface area contributed by atoms with Gasteiger partial charge in [0, 0.05) is 10.5 Å². The minimum atomic E-state index is 0.0995. The van der Waals surface area contributed by atoms with Gasteiger partial charge in [0.1, 0.15) is 5.01 Å². The summed E-state index contributed by atoms with van der Waals surface area (Å²) in [6.45, 7) is 3.88. The molecular weight excluding hydrogens is 268 g/mol. The number of aryl methyl sites for hydroxylation is 2. The van der Waals surface area contributed by atoms with E-state index in [0.717, 1.165) is 19.8 Å². The van der Waals surface area contributed by atoms with Crippen molar-refractivity contribution < 1.29 is 5.21 Å². The smallest absolute Gasteiger partial charge is 0.179 e. The molecule has 5 nitrogen and oxygen atoms in total. The summed E-state index contributed by atoms with van der Waals surface area (Å²) >= 11 is 3.00. The van der Waals surface area contributed by atoms with E-state index in [0.29, 0.717) is 5.56 Å². The van der Waals surface area contributed by atoms with Crippen LogP contribution in [0.25, 0.3) is 0 Å². The third-order valence-electron chi connectivity index (χ3n) is 2.29. The molecule has 0 atom stereocenters. The second-order valence-electron chi connectivity index (χ2n) is 3.63. The molecule has 0 spiro atoms. The molecule has 2 aromatic rings. The third-order valence-corrected chi connectivity index (χ3v) is 4.43. The first-order valence-corrected chi connectivity index (χ1v) is 6.80. The Kier molecular flexibility index (Phi) is 3.83. The van der Waals surface area contributed by atoms with Gasteiger partial charge in [0.05, 0.1) is 0 Å². The maximum Gasteiger partial charge on any atom is 0.179 e. The minimum absolute atomic E-state index is 0.0995. The average Bonchev–Trinajstić information content (AvgIpc) is 2.76. The van der Waals surface area contributed by atoms with Crippen LogP contribution in [-0.2, 0) is 0 Å². The summed E-state index contributed by atoms with van der Waals surface area (Å²) in [4.78, 5) is 0.934. The monoisotopic (exact) mass is 280 g/mol. The second-order valence-corrected chi connectivity index (χ2v) is 6.07. The third kappa shape index (κ3) is 2.62. The van der Waals surface area contributed by atoms with Gasteiger partial charge in [-0.3, -0.25) is 0 Å². The number of nitrogens with zero attached hydrogens (tertiary/aromatic N) is 3. The Morgan fingerprint density at radius 1 is 1.39 bits per heavy atom. The molecule has 0 aliphatic carbocycles. The Labute approximate surface area is 113 Å². The number of aromatic nitrogens is 2. The summed E-state index contributed by atoms with van der Waals surface area (Å²) in [7, 11) is 0. The highest BCUT2D eigenvalue weighted by atomic mass is 32.2. The van der Waals surface area contributed by atoms with Gasteiger partial charge in [-0.15, -0.1) is 10.2 Å². The van der Waals surface area contributed by atoms with Crippen LogP contribution in [0.4, 0.5) is 0 Å². The van der Waals surface area contributed by atoms with Crippen molar-refractivity contribution in [3.63, 3.8) is 0 Å². The fourth-order valence-corrected chi connectivity index (χ4v) is 3.41. The van der Waals surface area contributed by atoms with Gasteiger partial charge in [0.25, 0.3) is 0 Å². The molecule has 0 unspecified atom stereocenters. The van der Waals surface area contributed by atoms with E-state index >= 15 is 0 Å². The normalized spacial score (nSPS) is 11.8. The Morgan fingerprint density at radius 3 is 2.78 bits per heavy atom. The van der Waals surface area contributed by atoms with Crippen LogP contribution in [0.3, 0.4) is 0 Å². The molecule has 1 aromatic heterocycles. The van der Waals surface area contributed by atoms with Gasteiger partial charge < -0.3 is 10.9 Å². The summed E-state index contributed by atoms with van der Waals surface area (Å²) in [5.74, 6) is 0.0995. The van der Waals surface area contributed by atoms with Crippen molar-refractivity contribution in [2.75, 3.05) is 0 Å². The Hall–Kier alpha value is -1.60. The number of hydrogen-bond donors (Lipinski definition) is 2. The van der Waals surface area contributed by atoms with Crippen LogP contribution in [0.1, 0.15) is 16.1 Å². The first-order valence-electron chi connectivity index (χ1n) is 5.17. The lowest BCUT2D eigenvalue weighted by atomic mass is 10.1. The fourth-order valence-electron chi connectivity index (χ4n) is 1.45. The molecule has 0 aliphatic heterocycles. The van der Waals surface area contributed by atoms with E-state index in [9.17, 15) is 0 Å². The molecule has 0 bridgehead atoms. The molecule has 0 saturated carbocycles. The minimum Gasteiger partial charge on any atom is -0.409 e. The first-order chi connectivity index (χ1) is 8.61. The van der Waals surface area contributed by atoms with Gasteiger partial charge in [0.2, 0.25) is 0 Å². The Morgan fingerprint density at radius 2 is 2.17 bits per heavy atom. The van der Waals surface area contributed by atoms with Crippen molar-refractivity contribution in [1.82, 2.24) is 10.2 Å². The zero-order valence-electron chi connectivity index (χ0n) is 9.91. The van der Waals surface area contributed by atoms with Crippen LogP contribution in [0, 0.1) is 13.8 Å². The summed E-state index contributed by atoms with van der Waals surface area (Å²) in [6.07, 6.45) is 0. The molecule has 2 rings (SSSR count). The van der Waals surface area contributed by atoms with E-state index < -0.39 is 0 Å². The average molecular weight is 280 g/mol. The molecule has 0 saturated heterocycles. The summed E-state index contributed by atoms with van der Waals surface area (Å²) in [5, 5.41) is 20.8. The zero-order chi connectivity index (χ0) is 13.1. The van der Waals surface area contributed by atoms with E-state index in [4.69, 9.17) is 10.9 Å². The number of rotatable bonds is 3. The lowest BCUT2D eigenvalue weighted by molar-refractivity contribution is 0.318. The largest absolute Gasteiger partial charge is 0.409 e. The highest BCUT2D eigenvalue weighted by Crippen LogP contribution is 2.34. The number of nitrogens with two attached hydrogens (primary N) is 1. The summed E-state index contributed by atoms with van der Waals surface area (Å²) < 4.78 is 0.841. The first kappa shape index (κ1) is 12.8. The van der Waals surface area contributed by atoms with Gasteiger partial charge in [0.15, 0.2) is 10.2 Å². The van der Waals surface area contributed by atoms with Gasteiger partial charge >= 0.3 is 0 Å². The van der Waals surface area contributed by atoms with E-state index in [1.165, 1.54) is 23.1 Å². The lowest BCUT2D eigenvalue weighted by Gasteiger charge is -2.08. The molecule has 0 fully saturated rings. The lowest BCUT2D eigenvalue weighted by Crippen LogP contribution is -2.14. The van der Waals surface area contributed by atoms with E-state index in [-0.39, 0.29) is 5.84 Å². The van der Waals surface area contributed by atoms with Gasteiger partial charge in [-0.05, 0) is 25.5 Å². The maximum atomic E-state index is 8.80. The van der Waals surface area contributed by atoms with E-state index in [2.05, 4.69) is 15.4 Å². The van der Waals surface area contributed by atoms with E-state index in [1.807, 2.05) is 32.0 Å². The van der Waals surface area contributed by atoms with Crippen molar-refractivity contribution >= 4 is 28.9 Å². The van der Waals surface area contributed by atoms with Crippen molar-refractivity contribution in [3.05, 3.63) is 34.3 Å². The molecule has 0 amide bonds. The van der Waals surface area contributed by atoms with Crippen molar-refractivity contribution in [1.29, 1.82) is 0 Å². The van der Waals surface area contributed by atoms with Gasteiger partial charge in [-0.2, -0.15) is 0 Å². The van der Waals surface area contributed by atoms with Crippen LogP contribution >= 0.6 is 23.1 Å². The molecule has 3 N–H and O–H groups in total. The number of benzene rings is 1. The standard InChI is InChI=1S/C11H12N4OS2/c1-6-4-3-5-8(10(12)15-16)9(6)18-11-14-13-7(2)17-11/h3-5,16H,1-2H3,(H2,12,15). The van der Waals surface area contributed by atoms with Crippen LogP contribution in [0.5, 0.6) is 0 Å². The Balaban J connectivity index is 2.43. The fraction of sp³-hybridized carbons (Fsp3) is 0.182. The van der Waals surface area contributed by atoms with Crippen molar-refractivity contribution in [2.24, 2.45) is 10.9 Å². The summed E-state index contributed by atoms with van der Waals surface area (Å²) in [6, 6.07) is 5.67. The van der Waals surface area contributed by atoms with Crippen LogP contribution in [0.15, 0.2) is 32.6 Å². The Bertz CT molecular complexity index is 594. The molecule has 0 aliphatic rings. The number of amidine groups is 1. The molecule has 94 valence electrons. The van der Waals surface area contributed by atoms with Crippen LogP contribution < -0.4 is 5.73 Å². The quantitative estimate of drug-likeness (QED) is 0.390. The van der Waals surface area contributed by atoms with Crippen LogP contribution in [0.2, 0.25) is 0 Å². The molecular formula is C11H12N4OS2. The zero-order valence-corrected chi connectivity index (χ0v) is 11.5. The number of hydrogen-bond acceptors (Lipinski definition) is 6. The maximum absolute atomic E-state index is 8.80. The van der Waals surface area contributed by atoms with Gasteiger partial charge in [-0.1, -0.05) is 40.4 Å². The van der Waals surface area contributed by atoms with Crippen LogP contribution in [-0.4, -0.2) is 21.2 Å². The molecule has 7 heteroatoms. The van der Waals surface area contributed by atoms with Crippen molar-refractivity contribution in [2.45, 2.75) is 23.1 Å². The number of oxime groups is 1. The summed E-state index contributed by atoms with van der Waals surface area (Å²) in [5.41, 5.74) is 7.43. The van der Waals surface area contributed by atoms with Crippen molar-refractivity contribution in [3.8, 4) is 0 Å². The molecule has 0 radical (unpaired) electrons. The van der Waals surface area contributed by atoms with Gasteiger partial charge in [-0.25, -0.2) is 0 Å². The second kappa shape index (κ2) is 5.36. The van der Waals surface area contributed by atoms with E-state index in [1.54, 1.807) is 0 Å². The predicted octanol–water partition coefficient (Wildman–Crippen LogP) is 2.40. The predicted molar refractivity (Wildman–Crippen MR) is 72.5 cm³/mol. The highest BCUT2D eigenvalue weighted by Gasteiger charge is 2.13. The highest BCUT2D eigenvalue weighted by molar-refractivity contribution is 8.01. The topological polar surface area (TPSA) is 84.4 Å². The molecule has 1 heterocycles. The molecule has 18 heavy (non-hydrogen) atoms.